The predicted octanol–water partition coefficient (Wildman–Crippen LogP) is 3.56. The van der Waals surface area contributed by atoms with Gasteiger partial charge in [0.05, 0.1) is 12.1 Å². The molecule has 0 aliphatic carbocycles. The number of carbonyl (C=O) groups excluding carboxylic acids is 1. The van der Waals surface area contributed by atoms with Crippen molar-refractivity contribution in [3.8, 4) is 0 Å². The summed E-state index contributed by atoms with van der Waals surface area (Å²) in [6.07, 6.45) is -0.537. The van der Waals surface area contributed by atoms with Gasteiger partial charge in [0.25, 0.3) is 11.5 Å². The van der Waals surface area contributed by atoms with Crippen LogP contribution in [-0.2, 0) is 6.18 Å². The molecule has 0 atom stereocenters. The molecule has 12 heteroatoms. The maximum atomic E-state index is 13.1. The van der Waals surface area contributed by atoms with Crippen molar-refractivity contribution in [1.29, 1.82) is 0 Å². The van der Waals surface area contributed by atoms with E-state index in [-0.39, 0.29) is 0 Å². The summed E-state index contributed by atoms with van der Waals surface area (Å²) < 4.78 is 39.2. The number of alkyl halides is 3. The Morgan fingerprint density at radius 2 is 2.03 bits per heavy atom. The summed E-state index contributed by atoms with van der Waals surface area (Å²) in [5, 5.41) is 5.47. The first-order chi connectivity index (χ1) is 17.2. The number of hydrogen-bond acceptors (Lipinski definition) is 7. The number of H-pyrrole nitrogens is 1. The molecule has 2 aromatic heterocycles. The summed E-state index contributed by atoms with van der Waals surface area (Å²) in [4.78, 5) is 42.3. The second-order valence-electron chi connectivity index (χ2n) is 8.25. The third kappa shape index (κ3) is 4.10. The molecule has 1 amide bonds. The van der Waals surface area contributed by atoms with Gasteiger partial charge in [0.15, 0.2) is 0 Å². The number of amides is 1. The predicted molar refractivity (Wildman–Crippen MR) is 130 cm³/mol. The van der Waals surface area contributed by atoms with Gasteiger partial charge in [-0.15, -0.1) is 0 Å². The van der Waals surface area contributed by atoms with Crippen LogP contribution in [0.25, 0.3) is 11.6 Å². The van der Waals surface area contributed by atoms with Gasteiger partial charge in [-0.3, -0.25) is 14.6 Å². The first-order valence-electron chi connectivity index (χ1n) is 11.0. The van der Waals surface area contributed by atoms with E-state index in [2.05, 4.69) is 25.6 Å². The second-order valence-corrected chi connectivity index (χ2v) is 8.25. The van der Waals surface area contributed by atoms with Crippen LogP contribution in [0, 0.1) is 6.92 Å². The van der Waals surface area contributed by atoms with Crippen molar-refractivity contribution in [2.75, 3.05) is 35.7 Å². The summed E-state index contributed by atoms with van der Waals surface area (Å²) >= 11 is 0. The molecular weight excluding hydrogens is 475 g/mol. The molecule has 3 aromatic rings. The normalized spacial score (nSPS) is 14.5. The Balaban J connectivity index is 1.51. The molecule has 0 unspecified atom stereocenters. The topological polar surface area (TPSA) is 115 Å². The van der Waals surface area contributed by atoms with E-state index in [0.717, 1.165) is 33.9 Å². The monoisotopic (exact) mass is 495 g/mol. The van der Waals surface area contributed by atoms with Crippen molar-refractivity contribution in [3.05, 3.63) is 74.8 Å². The fourth-order valence-electron chi connectivity index (χ4n) is 4.13. The number of anilines is 3. The van der Waals surface area contributed by atoms with Gasteiger partial charge in [-0.05, 0) is 42.3 Å². The van der Waals surface area contributed by atoms with Crippen molar-refractivity contribution in [3.63, 3.8) is 0 Å². The highest BCUT2D eigenvalue weighted by Crippen LogP contribution is 2.37. The molecule has 4 heterocycles. The number of benzene rings is 1. The van der Waals surface area contributed by atoms with Crippen molar-refractivity contribution in [2.45, 2.75) is 13.1 Å². The maximum absolute atomic E-state index is 13.1. The molecule has 184 valence electrons. The lowest BCUT2D eigenvalue weighted by atomic mass is 9.94. The van der Waals surface area contributed by atoms with Crippen LogP contribution in [0.2, 0.25) is 0 Å². The van der Waals surface area contributed by atoms with E-state index < -0.39 is 28.8 Å². The molecule has 0 radical (unpaired) electrons. The molecule has 0 bridgehead atoms. The van der Waals surface area contributed by atoms with Gasteiger partial charge in [-0.1, -0.05) is 6.07 Å². The van der Waals surface area contributed by atoms with E-state index in [4.69, 9.17) is 0 Å². The number of nitrogens with zero attached hydrogens (tertiary/aromatic N) is 4. The smallest absolute Gasteiger partial charge is 0.357 e. The number of fused-ring (bicyclic) bond motifs is 3. The molecule has 5 rings (SSSR count). The summed E-state index contributed by atoms with van der Waals surface area (Å²) in [6.45, 7) is 3.13. The summed E-state index contributed by atoms with van der Waals surface area (Å²) in [5.41, 5.74) is 0.891. The fraction of sp³-hybridized carbons (Fsp3) is 0.208. The first kappa shape index (κ1) is 23.3. The highest BCUT2D eigenvalue weighted by molar-refractivity contribution is 6.36. The number of halogens is 3. The number of carbonyl (C=O) groups is 1. The molecule has 1 aromatic carbocycles. The molecule has 36 heavy (non-hydrogen) atoms. The Kier molecular flexibility index (Phi) is 5.58. The number of aryl methyl sites for hydroxylation is 1. The van der Waals surface area contributed by atoms with Gasteiger partial charge in [0.2, 0.25) is 5.95 Å². The Hall–Kier alpha value is -4.48. The van der Waals surface area contributed by atoms with E-state index in [1.807, 2.05) is 22.9 Å². The summed E-state index contributed by atoms with van der Waals surface area (Å²) in [7, 11) is 1.74. The average Bonchev–Trinajstić information content (AvgIpc) is 3.34. The van der Waals surface area contributed by atoms with E-state index in [9.17, 15) is 22.8 Å². The average molecular weight is 495 g/mol. The van der Waals surface area contributed by atoms with Gasteiger partial charge in [0.1, 0.15) is 17.2 Å². The minimum atomic E-state index is -4.70. The second kappa shape index (κ2) is 8.63. The number of amidine groups is 1. The van der Waals surface area contributed by atoms with Gasteiger partial charge in [-0.25, -0.2) is 4.98 Å². The summed E-state index contributed by atoms with van der Waals surface area (Å²) in [6, 6.07) is 5.63. The van der Waals surface area contributed by atoms with Crippen molar-refractivity contribution in [1.82, 2.24) is 15.0 Å². The van der Waals surface area contributed by atoms with Crippen molar-refractivity contribution < 1.29 is 18.0 Å². The molecule has 3 N–H and O–H groups in total. The van der Waals surface area contributed by atoms with Crippen LogP contribution < -0.4 is 21.1 Å². The number of nitrogens with one attached hydrogen (secondary N) is 3. The lowest BCUT2D eigenvalue weighted by Gasteiger charge is -2.28. The van der Waals surface area contributed by atoms with Crippen LogP contribution in [-0.4, -0.2) is 46.8 Å². The van der Waals surface area contributed by atoms with Crippen LogP contribution in [0.15, 0.2) is 46.4 Å². The molecule has 2 aliphatic heterocycles. The van der Waals surface area contributed by atoms with E-state index >= 15 is 0 Å². The molecule has 2 aliphatic rings. The number of hydrogen-bond donors (Lipinski definition) is 3. The highest BCUT2D eigenvalue weighted by atomic mass is 19.4. The Morgan fingerprint density at radius 3 is 2.78 bits per heavy atom. The number of pyridine rings is 1. The molecular formula is C24H20F3N7O2. The number of aromatic nitrogens is 3. The number of rotatable bonds is 4. The van der Waals surface area contributed by atoms with Gasteiger partial charge < -0.3 is 20.5 Å². The van der Waals surface area contributed by atoms with E-state index in [1.54, 1.807) is 31.4 Å². The zero-order valence-corrected chi connectivity index (χ0v) is 19.2. The minimum absolute atomic E-state index is 0.316. The van der Waals surface area contributed by atoms with Gasteiger partial charge in [0, 0.05) is 42.8 Å². The fourth-order valence-corrected chi connectivity index (χ4v) is 4.13. The maximum Gasteiger partial charge on any atom is 0.417 e. The standard InChI is InChI=1S/C24H20F3N7O2/c1-12-3-4-15(32-22(36)18-8-14(24(25,26)27)11-30-21(18)35)9-16(12)17-7-13-10-31-23(28-2)33-19(13)34-6-5-29-20(17)34/h3-4,7-11H,5-6H2,1-2H3,(H,30,35)(H,32,36)(H,28,31,33). The number of aromatic amines is 1. The number of aliphatic imine (C=N–C) groups is 1. The van der Waals surface area contributed by atoms with Crippen LogP contribution >= 0.6 is 0 Å². The lowest BCUT2D eigenvalue weighted by molar-refractivity contribution is -0.137. The van der Waals surface area contributed by atoms with Crippen molar-refractivity contribution >= 4 is 40.8 Å². The summed E-state index contributed by atoms with van der Waals surface area (Å²) in [5.74, 6) is 1.000. The highest BCUT2D eigenvalue weighted by Gasteiger charge is 2.33. The molecule has 0 spiro atoms. The Bertz CT molecular complexity index is 1510. The Morgan fingerprint density at radius 1 is 1.22 bits per heavy atom. The third-order valence-electron chi connectivity index (χ3n) is 5.92. The quantitative estimate of drug-likeness (QED) is 0.510. The zero-order chi connectivity index (χ0) is 25.6. The van der Waals surface area contributed by atoms with Crippen molar-refractivity contribution in [2.24, 2.45) is 4.99 Å². The molecule has 9 nitrogen and oxygen atoms in total. The van der Waals surface area contributed by atoms with Crippen LogP contribution in [0.1, 0.15) is 32.6 Å². The van der Waals surface area contributed by atoms with Crippen LogP contribution in [0.4, 0.5) is 30.6 Å². The SMILES string of the molecule is CNc1ncc2c(n1)N1CCN=C1C(c1cc(NC(=O)c3cc(C(F)(F)F)c[nH]c3=O)ccc1C)=C2. The van der Waals surface area contributed by atoms with E-state index in [0.29, 0.717) is 37.0 Å². The molecule has 0 saturated carbocycles. The largest absolute Gasteiger partial charge is 0.417 e. The lowest BCUT2D eigenvalue weighted by Crippen LogP contribution is -2.32. The minimum Gasteiger partial charge on any atom is -0.357 e. The van der Waals surface area contributed by atoms with Crippen LogP contribution in [0.5, 0.6) is 0 Å². The molecule has 0 saturated heterocycles. The Labute approximate surface area is 202 Å². The van der Waals surface area contributed by atoms with Crippen LogP contribution in [0.3, 0.4) is 0 Å². The third-order valence-corrected chi connectivity index (χ3v) is 5.92. The first-order valence-corrected chi connectivity index (χ1v) is 11.0. The zero-order valence-electron chi connectivity index (χ0n) is 19.2. The van der Waals surface area contributed by atoms with E-state index in [1.165, 1.54) is 0 Å². The molecule has 0 fully saturated rings. The van der Waals surface area contributed by atoms with Gasteiger partial charge in [-0.2, -0.15) is 18.2 Å². The van der Waals surface area contributed by atoms with Gasteiger partial charge >= 0.3 is 6.18 Å².